The van der Waals surface area contributed by atoms with Crippen LogP contribution in [0.5, 0.6) is 0 Å². The SMILES string of the molecule is C[C@@H](NC[C@@H](O)CN1CCCC1=O)c1cc(F)c(Cl)cc1Cl. The Kier molecular flexibility index (Phi) is 6.03. The van der Waals surface area contributed by atoms with Crippen molar-refractivity contribution in [2.45, 2.75) is 31.9 Å². The van der Waals surface area contributed by atoms with Crippen molar-refractivity contribution in [2.24, 2.45) is 0 Å². The molecule has 1 saturated heterocycles. The molecule has 0 bridgehead atoms. The van der Waals surface area contributed by atoms with E-state index < -0.39 is 11.9 Å². The molecular formula is C15H19Cl2FN2O2. The molecule has 2 N–H and O–H groups in total. The second-order valence-electron chi connectivity index (χ2n) is 5.51. The summed E-state index contributed by atoms with van der Waals surface area (Å²) in [5.74, 6) is -0.451. The van der Waals surface area contributed by atoms with Crippen LogP contribution in [0.2, 0.25) is 10.0 Å². The Labute approximate surface area is 139 Å². The highest BCUT2D eigenvalue weighted by molar-refractivity contribution is 6.35. The lowest BCUT2D eigenvalue weighted by molar-refractivity contribution is -0.128. The third-order valence-electron chi connectivity index (χ3n) is 3.77. The molecule has 2 rings (SSSR count). The van der Waals surface area contributed by atoms with Gasteiger partial charge in [-0.1, -0.05) is 23.2 Å². The van der Waals surface area contributed by atoms with Gasteiger partial charge in [0.25, 0.3) is 0 Å². The average Bonchev–Trinajstić information content (AvgIpc) is 2.85. The maximum Gasteiger partial charge on any atom is 0.222 e. The van der Waals surface area contributed by atoms with E-state index in [0.717, 1.165) is 6.42 Å². The fourth-order valence-corrected chi connectivity index (χ4v) is 3.06. The Morgan fingerprint density at radius 1 is 1.41 bits per heavy atom. The van der Waals surface area contributed by atoms with Gasteiger partial charge in [0.2, 0.25) is 5.91 Å². The molecule has 0 aliphatic carbocycles. The van der Waals surface area contributed by atoms with E-state index >= 15 is 0 Å². The third-order valence-corrected chi connectivity index (χ3v) is 4.39. The van der Waals surface area contributed by atoms with Gasteiger partial charge in [-0.2, -0.15) is 0 Å². The van der Waals surface area contributed by atoms with Crippen LogP contribution in [0.3, 0.4) is 0 Å². The van der Waals surface area contributed by atoms with Gasteiger partial charge in [-0.3, -0.25) is 4.79 Å². The van der Waals surface area contributed by atoms with Crippen LogP contribution in [0, 0.1) is 5.82 Å². The van der Waals surface area contributed by atoms with E-state index in [-0.39, 0.29) is 23.5 Å². The molecule has 1 heterocycles. The number of amides is 1. The number of β-amino-alcohol motifs (C(OH)–C–C–N with tert-alkyl or cyclic N) is 1. The van der Waals surface area contributed by atoms with E-state index in [1.807, 2.05) is 6.92 Å². The van der Waals surface area contributed by atoms with E-state index in [2.05, 4.69) is 5.32 Å². The molecule has 22 heavy (non-hydrogen) atoms. The maximum atomic E-state index is 13.5. The lowest BCUT2D eigenvalue weighted by Crippen LogP contribution is -2.39. The minimum absolute atomic E-state index is 0.0199. The summed E-state index contributed by atoms with van der Waals surface area (Å²) >= 11 is 11.7. The Morgan fingerprint density at radius 3 is 2.77 bits per heavy atom. The average molecular weight is 349 g/mol. The van der Waals surface area contributed by atoms with Gasteiger partial charge in [-0.15, -0.1) is 0 Å². The number of nitrogens with zero attached hydrogens (tertiary/aromatic N) is 1. The van der Waals surface area contributed by atoms with Crippen LogP contribution in [0.4, 0.5) is 4.39 Å². The van der Waals surface area contributed by atoms with E-state index in [0.29, 0.717) is 30.1 Å². The fourth-order valence-electron chi connectivity index (χ4n) is 2.51. The summed E-state index contributed by atoms with van der Waals surface area (Å²) in [5, 5.41) is 13.5. The number of hydrogen-bond acceptors (Lipinski definition) is 3. The monoisotopic (exact) mass is 348 g/mol. The molecule has 1 aromatic carbocycles. The summed E-state index contributed by atoms with van der Waals surface area (Å²) in [4.78, 5) is 13.2. The molecule has 7 heteroatoms. The summed E-state index contributed by atoms with van der Waals surface area (Å²) in [7, 11) is 0. The maximum absolute atomic E-state index is 13.5. The predicted octanol–water partition coefficient (Wildman–Crippen LogP) is 2.77. The molecule has 122 valence electrons. The first-order valence-electron chi connectivity index (χ1n) is 7.22. The van der Waals surface area contributed by atoms with Gasteiger partial charge in [0.15, 0.2) is 0 Å². The molecule has 1 aromatic rings. The van der Waals surface area contributed by atoms with Crippen LogP contribution >= 0.6 is 23.2 Å². The van der Waals surface area contributed by atoms with Gasteiger partial charge < -0.3 is 15.3 Å². The predicted molar refractivity (Wildman–Crippen MR) is 84.7 cm³/mol. The van der Waals surface area contributed by atoms with Crippen molar-refractivity contribution in [3.63, 3.8) is 0 Å². The Balaban J connectivity index is 1.88. The van der Waals surface area contributed by atoms with E-state index in [1.54, 1.807) is 4.90 Å². The van der Waals surface area contributed by atoms with Crippen LogP contribution in [0.25, 0.3) is 0 Å². The van der Waals surface area contributed by atoms with Crippen molar-refractivity contribution in [3.8, 4) is 0 Å². The quantitative estimate of drug-likeness (QED) is 0.777. The molecule has 1 aliphatic rings. The highest BCUT2D eigenvalue weighted by Gasteiger charge is 2.23. The smallest absolute Gasteiger partial charge is 0.222 e. The summed E-state index contributed by atoms with van der Waals surface area (Å²) in [6, 6.07) is 2.41. The normalized spacial score (nSPS) is 17.9. The molecule has 0 saturated carbocycles. The molecule has 4 nitrogen and oxygen atoms in total. The number of hydrogen-bond donors (Lipinski definition) is 2. The van der Waals surface area contributed by atoms with Gasteiger partial charge in [0.1, 0.15) is 5.82 Å². The van der Waals surface area contributed by atoms with Crippen LogP contribution < -0.4 is 5.32 Å². The zero-order chi connectivity index (χ0) is 16.3. The first kappa shape index (κ1) is 17.5. The zero-order valence-electron chi connectivity index (χ0n) is 12.3. The number of likely N-dealkylation sites (tertiary alicyclic amines) is 1. The molecule has 1 amide bonds. The van der Waals surface area contributed by atoms with Crippen LogP contribution in [-0.4, -0.2) is 41.7 Å². The summed E-state index contributed by atoms with van der Waals surface area (Å²) in [6.45, 7) is 3.11. The van der Waals surface area contributed by atoms with Crippen LogP contribution in [0.15, 0.2) is 12.1 Å². The zero-order valence-corrected chi connectivity index (χ0v) is 13.8. The number of halogens is 3. The van der Waals surface area contributed by atoms with Crippen molar-refractivity contribution >= 4 is 29.1 Å². The minimum Gasteiger partial charge on any atom is -0.390 e. The Hall–Kier alpha value is -0.880. The van der Waals surface area contributed by atoms with Gasteiger partial charge in [-0.05, 0) is 31.0 Å². The highest BCUT2D eigenvalue weighted by Crippen LogP contribution is 2.28. The lowest BCUT2D eigenvalue weighted by Gasteiger charge is -2.22. The standard InChI is InChI=1S/C15H19Cl2FN2O2/c1-9(11-5-14(18)13(17)6-12(11)16)19-7-10(21)8-20-4-2-3-15(20)22/h5-6,9-10,19,21H,2-4,7-8H2,1H3/t9-,10-/m1/s1. The number of aliphatic hydroxyl groups excluding tert-OH is 1. The van der Waals surface area contributed by atoms with Crippen LogP contribution in [0.1, 0.15) is 31.4 Å². The molecule has 1 aliphatic heterocycles. The van der Waals surface area contributed by atoms with Gasteiger partial charge in [0.05, 0.1) is 11.1 Å². The van der Waals surface area contributed by atoms with E-state index in [9.17, 15) is 14.3 Å². The second-order valence-corrected chi connectivity index (χ2v) is 6.33. The molecular weight excluding hydrogens is 330 g/mol. The van der Waals surface area contributed by atoms with E-state index in [1.165, 1.54) is 12.1 Å². The third kappa shape index (κ3) is 4.32. The van der Waals surface area contributed by atoms with Crippen molar-refractivity contribution < 1.29 is 14.3 Å². The molecule has 0 unspecified atom stereocenters. The summed E-state index contributed by atoms with van der Waals surface area (Å²) < 4.78 is 13.5. The van der Waals surface area contributed by atoms with Gasteiger partial charge >= 0.3 is 0 Å². The van der Waals surface area contributed by atoms with Crippen molar-refractivity contribution in [1.82, 2.24) is 10.2 Å². The first-order valence-corrected chi connectivity index (χ1v) is 7.97. The molecule has 2 atom stereocenters. The van der Waals surface area contributed by atoms with Crippen molar-refractivity contribution in [2.75, 3.05) is 19.6 Å². The topological polar surface area (TPSA) is 52.6 Å². The molecule has 0 spiro atoms. The Morgan fingerprint density at radius 2 is 2.14 bits per heavy atom. The summed E-state index contributed by atoms with van der Waals surface area (Å²) in [5.41, 5.74) is 0.577. The van der Waals surface area contributed by atoms with Crippen molar-refractivity contribution in [1.29, 1.82) is 0 Å². The largest absolute Gasteiger partial charge is 0.390 e. The number of aliphatic hydroxyl groups is 1. The Bertz CT molecular complexity index is 557. The van der Waals surface area contributed by atoms with Gasteiger partial charge in [-0.25, -0.2) is 4.39 Å². The number of rotatable bonds is 6. The van der Waals surface area contributed by atoms with Crippen molar-refractivity contribution in [3.05, 3.63) is 33.6 Å². The first-order chi connectivity index (χ1) is 10.4. The molecule has 1 fully saturated rings. The lowest BCUT2D eigenvalue weighted by atomic mass is 10.1. The molecule has 0 aromatic heterocycles. The minimum atomic E-state index is -0.680. The van der Waals surface area contributed by atoms with Crippen LogP contribution in [-0.2, 0) is 4.79 Å². The number of nitrogens with one attached hydrogen (secondary N) is 1. The fraction of sp³-hybridized carbons (Fsp3) is 0.533. The second kappa shape index (κ2) is 7.59. The highest BCUT2D eigenvalue weighted by atomic mass is 35.5. The van der Waals surface area contributed by atoms with E-state index in [4.69, 9.17) is 23.2 Å². The number of carbonyl (C=O) groups is 1. The molecule has 0 radical (unpaired) electrons. The summed E-state index contributed by atoms with van der Waals surface area (Å²) in [6.07, 6.45) is 0.714. The number of carbonyl (C=O) groups excluding carboxylic acids is 1. The number of benzene rings is 1. The van der Waals surface area contributed by atoms with Gasteiger partial charge in [0, 0.05) is 37.1 Å².